The zero-order chi connectivity index (χ0) is 32.6. The summed E-state index contributed by atoms with van der Waals surface area (Å²) in [7, 11) is 0.434. The van der Waals surface area contributed by atoms with Crippen LogP contribution in [-0.4, -0.2) is 72.4 Å². The quantitative estimate of drug-likeness (QED) is 0.152. The summed E-state index contributed by atoms with van der Waals surface area (Å²) in [6, 6.07) is 8.18. The number of rotatable bonds is 10. The van der Waals surface area contributed by atoms with Gasteiger partial charge < -0.3 is 19.3 Å². The van der Waals surface area contributed by atoms with Gasteiger partial charge in [0.1, 0.15) is 28.2 Å². The topological polar surface area (TPSA) is 75.2 Å². The van der Waals surface area contributed by atoms with Crippen molar-refractivity contribution in [3.63, 3.8) is 0 Å². The number of sulfonamides is 1. The SMILES string of the molecule is COc1ccc(CN(c2cccc(F)n2)S(=O)(=O)c2c(F)cc(N3CCC(CN(C)C)(C(F)(F)F)C3)c(Cl)c2F)c(OC)c1. The van der Waals surface area contributed by atoms with Gasteiger partial charge in [-0.3, -0.25) is 0 Å². The molecule has 240 valence electrons. The van der Waals surface area contributed by atoms with Gasteiger partial charge in [0, 0.05) is 37.3 Å². The molecule has 4 rings (SSSR count). The Bertz CT molecular complexity index is 1640. The van der Waals surface area contributed by atoms with Crippen LogP contribution >= 0.6 is 11.6 Å². The van der Waals surface area contributed by atoms with Crippen LogP contribution in [0.3, 0.4) is 0 Å². The van der Waals surface area contributed by atoms with Gasteiger partial charge >= 0.3 is 6.18 Å². The van der Waals surface area contributed by atoms with Crippen molar-refractivity contribution in [1.82, 2.24) is 9.88 Å². The van der Waals surface area contributed by atoms with Crippen molar-refractivity contribution in [1.29, 1.82) is 0 Å². The molecule has 2 heterocycles. The highest BCUT2D eigenvalue weighted by atomic mass is 35.5. The maximum absolute atomic E-state index is 15.9. The molecule has 44 heavy (non-hydrogen) atoms. The number of nitrogens with zero attached hydrogens (tertiary/aromatic N) is 4. The van der Waals surface area contributed by atoms with E-state index in [2.05, 4.69) is 4.98 Å². The van der Waals surface area contributed by atoms with Gasteiger partial charge in [0.2, 0.25) is 5.95 Å². The number of benzene rings is 2. The molecule has 0 amide bonds. The van der Waals surface area contributed by atoms with Crippen LogP contribution in [0.5, 0.6) is 11.5 Å². The lowest BCUT2D eigenvalue weighted by Gasteiger charge is -2.34. The molecule has 2 aromatic carbocycles. The lowest BCUT2D eigenvalue weighted by molar-refractivity contribution is -0.220. The zero-order valence-electron chi connectivity index (χ0n) is 24.1. The molecule has 0 bridgehead atoms. The summed E-state index contributed by atoms with van der Waals surface area (Å²) in [4.78, 5) is 4.55. The number of hydrogen-bond acceptors (Lipinski definition) is 7. The summed E-state index contributed by atoms with van der Waals surface area (Å²) < 4.78 is 127. The first-order valence-corrected chi connectivity index (χ1v) is 14.9. The van der Waals surface area contributed by atoms with Crippen molar-refractivity contribution in [3.05, 3.63) is 70.6 Å². The van der Waals surface area contributed by atoms with Crippen LogP contribution in [-0.2, 0) is 16.6 Å². The molecule has 1 aromatic heterocycles. The van der Waals surface area contributed by atoms with Gasteiger partial charge in [-0.1, -0.05) is 17.7 Å². The number of aromatic nitrogens is 1. The molecular weight excluding hydrogens is 638 g/mol. The summed E-state index contributed by atoms with van der Waals surface area (Å²) in [6.07, 6.45) is -5.02. The van der Waals surface area contributed by atoms with E-state index in [1.165, 1.54) is 51.4 Å². The summed E-state index contributed by atoms with van der Waals surface area (Å²) >= 11 is 6.22. The van der Waals surface area contributed by atoms with Gasteiger partial charge in [0.25, 0.3) is 10.0 Å². The molecule has 1 fully saturated rings. The predicted molar refractivity (Wildman–Crippen MR) is 152 cm³/mol. The molecular formula is C28H29ClF6N4O4S. The fourth-order valence-corrected chi connectivity index (χ4v) is 7.07. The third-order valence-electron chi connectivity index (χ3n) is 7.32. The van der Waals surface area contributed by atoms with Crippen molar-refractivity contribution in [2.45, 2.75) is 24.0 Å². The Morgan fingerprint density at radius 1 is 1.07 bits per heavy atom. The molecule has 0 N–H and O–H groups in total. The maximum Gasteiger partial charge on any atom is 0.397 e. The minimum atomic E-state index is -5.22. The zero-order valence-corrected chi connectivity index (χ0v) is 25.6. The number of halogens is 7. The second kappa shape index (κ2) is 12.5. The molecule has 0 saturated carbocycles. The smallest absolute Gasteiger partial charge is 0.397 e. The number of methoxy groups -OCH3 is 2. The molecule has 1 saturated heterocycles. The Kier molecular flexibility index (Phi) is 9.52. The Labute approximate surface area is 255 Å². The van der Waals surface area contributed by atoms with E-state index in [4.69, 9.17) is 21.1 Å². The molecule has 1 aliphatic heterocycles. The highest BCUT2D eigenvalue weighted by Gasteiger charge is 2.58. The lowest BCUT2D eigenvalue weighted by Crippen LogP contribution is -2.47. The van der Waals surface area contributed by atoms with Gasteiger partial charge in [0.15, 0.2) is 10.7 Å². The highest BCUT2D eigenvalue weighted by Crippen LogP contribution is 2.48. The van der Waals surface area contributed by atoms with E-state index in [9.17, 15) is 26.0 Å². The van der Waals surface area contributed by atoms with Crippen molar-refractivity contribution >= 4 is 33.1 Å². The van der Waals surface area contributed by atoms with Gasteiger partial charge in [-0.2, -0.15) is 17.6 Å². The van der Waals surface area contributed by atoms with Gasteiger partial charge in [0.05, 0.1) is 31.9 Å². The van der Waals surface area contributed by atoms with Crippen LogP contribution in [0.2, 0.25) is 5.02 Å². The van der Waals surface area contributed by atoms with Crippen LogP contribution in [0.4, 0.5) is 37.8 Å². The minimum absolute atomic E-state index is 0.148. The van der Waals surface area contributed by atoms with Crippen LogP contribution in [0.25, 0.3) is 0 Å². The normalized spacial score (nSPS) is 17.3. The number of pyridine rings is 1. The van der Waals surface area contributed by atoms with E-state index in [1.807, 2.05) is 0 Å². The van der Waals surface area contributed by atoms with Crippen LogP contribution in [0, 0.1) is 23.0 Å². The Morgan fingerprint density at radius 2 is 1.77 bits per heavy atom. The average molecular weight is 667 g/mol. The average Bonchev–Trinajstić information content (AvgIpc) is 3.38. The first kappa shape index (κ1) is 33.5. The predicted octanol–water partition coefficient (Wildman–Crippen LogP) is 5.89. The van der Waals surface area contributed by atoms with Crippen LogP contribution in [0.15, 0.2) is 47.4 Å². The number of ether oxygens (including phenoxy) is 2. The lowest BCUT2D eigenvalue weighted by atomic mass is 9.86. The third kappa shape index (κ3) is 6.35. The molecule has 1 unspecified atom stereocenters. The minimum Gasteiger partial charge on any atom is -0.497 e. The van der Waals surface area contributed by atoms with Crippen molar-refractivity contribution in [3.8, 4) is 11.5 Å². The second-order valence-corrected chi connectivity index (χ2v) is 12.7. The third-order valence-corrected chi connectivity index (χ3v) is 9.47. The molecule has 1 atom stereocenters. The van der Waals surface area contributed by atoms with Crippen molar-refractivity contribution < 1.29 is 44.2 Å². The van der Waals surface area contributed by atoms with Crippen LogP contribution < -0.4 is 18.7 Å². The van der Waals surface area contributed by atoms with Crippen molar-refractivity contribution in [2.75, 3.05) is 57.2 Å². The summed E-state index contributed by atoms with van der Waals surface area (Å²) in [6.45, 7) is -1.90. The Balaban J connectivity index is 1.81. The number of hydrogen-bond donors (Lipinski definition) is 0. The first-order chi connectivity index (χ1) is 20.5. The van der Waals surface area contributed by atoms with E-state index in [1.54, 1.807) is 0 Å². The standard InChI is InChI=1S/C28H29ClF6N4O4S/c1-37(2)15-27(28(33,34)35)10-11-38(16-27)20-13-19(30)26(25(32)24(20)29)44(40,41)39(23-7-5-6-22(31)36-23)14-17-8-9-18(42-3)12-21(17)43-4/h5-9,12-13H,10-11,14-16H2,1-4H3. The monoisotopic (exact) mass is 666 g/mol. The van der Waals surface area contributed by atoms with Crippen molar-refractivity contribution in [2.24, 2.45) is 5.41 Å². The van der Waals surface area contributed by atoms with E-state index in [0.717, 1.165) is 23.1 Å². The van der Waals surface area contributed by atoms with E-state index in [-0.39, 0.29) is 30.8 Å². The summed E-state index contributed by atoms with van der Waals surface area (Å²) in [5, 5.41) is -0.887. The highest BCUT2D eigenvalue weighted by molar-refractivity contribution is 7.92. The first-order valence-electron chi connectivity index (χ1n) is 13.0. The molecule has 1 aliphatic rings. The van der Waals surface area contributed by atoms with Gasteiger partial charge in [-0.15, -0.1) is 0 Å². The summed E-state index contributed by atoms with van der Waals surface area (Å²) in [5.74, 6) is -4.40. The molecule has 8 nitrogen and oxygen atoms in total. The van der Waals surface area contributed by atoms with E-state index in [0.29, 0.717) is 16.1 Å². The molecule has 16 heteroatoms. The Morgan fingerprint density at radius 3 is 2.36 bits per heavy atom. The van der Waals surface area contributed by atoms with Crippen LogP contribution in [0.1, 0.15) is 12.0 Å². The Hall–Kier alpha value is -3.43. The second-order valence-electron chi connectivity index (χ2n) is 10.5. The molecule has 0 spiro atoms. The van der Waals surface area contributed by atoms with E-state index < -0.39 is 73.7 Å². The molecule has 0 aliphatic carbocycles. The largest absolute Gasteiger partial charge is 0.497 e. The van der Waals surface area contributed by atoms with E-state index >= 15 is 8.78 Å². The summed E-state index contributed by atoms with van der Waals surface area (Å²) in [5.41, 5.74) is -2.44. The molecule has 0 radical (unpaired) electrons. The maximum atomic E-state index is 15.9. The fourth-order valence-electron chi connectivity index (χ4n) is 5.24. The van der Waals surface area contributed by atoms with Gasteiger partial charge in [-0.05, 0) is 44.8 Å². The fraction of sp³-hybridized carbons (Fsp3) is 0.393. The van der Waals surface area contributed by atoms with Gasteiger partial charge in [-0.25, -0.2) is 26.5 Å². The number of alkyl halides is 3. The molecule has 3 aromatic rings. The number of anilines is 2.